The van der Waals surface area contributed by atoms with E-state index in [-0.39, 0.29) is 31.0 Å². The number of hydrogen-bond donors (Lipinski definition) is 2. The first-order chi connectivity index (χ1) is 18.8. The van der Waals surface area contributed by atoms with Crippen molar-refractivity contribution in [2.75, 3.05) is 6.54 Å². The molecule has 0 aromatic carbocycles. The first-order valence-corrected chi connectivity index (χ1v) is 14.4. The van der Waals surface area contributed by atoms with E-state index in [0.29, 0.717) is 34.2 Å². The molecule has 1 aliphatic rings. The van der Waals surface area contributed by atoms with Gasteiger partial charge in [-0.1, -0.05) is 56.2 Å². The number of thiazole rings is 2. The minimum atomic E-state index is -1.12. The van der Waals surface area contributed by atoms with Gasteiger partial charge in [0.2, 0.25) is 0 Å². The largest absolute Gasteiger partial charge is 0.480 e. The number of allylic oxidation sites excluding steroid dienone is 3. The summed E-state index contributed by atoms with van der Waals surface area (Å²) in [7, 11) is 0. The third kappa shape index (κ3) is 9.78. The summed E-state index contributed by atoms with van der Waals surface area (Å²) in [6, 6.07) is 1.98. The van der Waals surface area contributed by atoms with E-state index >= 15 is 0 Å². The van der Waals surface area contributed by atoms with Crippen molar-refractivity contribution < 1.29 is 24.6 Å². The Bertz CT molecular complexity index is 1740. The van der Waals surface area contributed by atoms with Crippen LogP contribution in [-0.2, 0) is 27.5 Å². The highest BCUT2D eigenvalue weighted by Gasteiger charge is 2.32. The van der Waals surface area contributed by atoms with Crippen molar-refractivity contribution >= 4 is 81.5 Å². The molecule has 1 amide bonds. The fraction of sp³-hybridized carbons (Fsp3) is 0.346. The summed E-state index contributed by atoms with van der Waals surface area (Å²) in [6.45, 7) is 12.3. The third-order valence-corrected chi connectivity index (χ3v) is 8.87. The van der Waals surface area contributed by atoms with Crippen molar-refractivity contribution in [2.24, 2.45) is 0 Å². The smallest absolute Gasteiger partial charge is 0.323 e. The first kappa shape index (κ1) is 37.4. The molecule has 0 atom stereocenters. The fourth-order valence-corrected chi connectivity index (χ4v) is 6.24. The van der Waals surface area contributed by atoms with Crippen LogP contribution in [0.1, 0.15) is 42.0 Å². The summed E-state index contributed by atoms with van der Waals surface area (Å²) in [5.41, 5.74) is 0.145. The van der Waals surface area contributed by atoms with Crippen LogP contribution in [0.4, 0.5) is 0 Å². The van der Waals surface area contributed by atoms with Crippen LogP contribution in [0.2, 0.25) is 0 Å². The molecule has 222 valence electrons. The Hall–Kier alpha value is -3.58. The van der Waals surface area contributed by atoms with Crippen LogP contribution in [0.5, 0.6) is 0 Å². The quantitative estimate of drug-likeness (QED) is 0.282. The second-order valence-corrected chi connectivity index (χ2v) is 11.4. The Morgan fingerprint density at radius 1 is 1.02 bits per heavy atom. The number of hydrogen-bond acceptors (Lipinski definition) is 10. The predicted octanol–water partition coefficient (Wildman–Crippen LogP) is 2.68. The molecular weight excluding hydrogens is 609 g/mol. The summed E-state index contributed by atoms with van der Waals surface area (Å²) in [6.07, 6.45) is 5.02. The van der Waals surface area contributed by atoms with Crippen molar-refractivity contribution in [3.05, 3.63) is 61.7 Å². The van der Waals surface area contributed by atoms with Gasteiger partial charge in [-0.3, -0.25) is 38.0 Å². The van der Waals surface area contributed by atoms with Crippen molar-refractivity contribution in [3.63, 3.8) is 0 Å². The Morgan fingerprint density at radius 2 is 1.61 bits per heavy atom. The number of carbonyl (C=O) groups is 3. The van der Waals surface area contributed by atoms with Crippen molar-refractivity contribution in [1.82, 2.24) is 14.0 Å². The molecule has 0 aliphatic carbocycles. The monoisotopic (exact) mass is 640 g/mol. The highest BCUT2D eigenvalue weighted by Crippen LogP contribution is 2.30. The van der Waals surface area contributed by atoms with Gasteiger partial charge in [0.15, 0.2) is 0 Å². The molecule has 1 saturated heterocycles. The molecule has 1 fully saturated rings. The summed E-state index contributed by atoms with van der Waals surface area (Å²) in [5.74, 6) is -2.51. The number of aromatic nitrogens is 2. The van der Waals surface area contributed by atoms with E-state index in [2.05, 4.69) is 6.58 Å². The molecule has 2 N–H and O–H groups in total. The van der Waals surface area contributed by atoms with Gasteiger partial charge in [-0.2, -0.15) is 5.26 Å². The second-order valence-electron chi connectivity index (χ2n) is 7.61. The molecule has 0 bridgehead atoms. The number of thiocarbonyl (C=S) groups is 1. The maximum absolute atomic E-state index is 12.3. The Kier molecular flexibility index (Phi) is 15.8. The van der Waals surface area contributed by atoms with Gasteiger partial charge in [0, 0.05) is 12.1 Å². The summed E-state index contributed by atoms with van der Waals surface area (Å²) in [4.78, 5) is 58.8. The maximum atomic E-state index is 12.3. The third-order valence-electron chi connectivity index (χ3n) is 4.97. The van der Waals surface area contributed by atoms with Crippen LogP contribution in [0.25, 0.3) is 12.7 Å². The Labute approximate surface area is 254 Å². The van der Waals surface area contributed by atoms with Gasteiger partial charge < -0.3 is 10.2 Å². The van der Waals surface area contributed by atoms with E-state index in [9.17, 15) is 24.0 Å². The normalized spacial score (nSPS) is 14.9. The maximum Gasteiger partial charge on any atom is 0.323 e. The molecule has 0 saturated carbocycles. The lowest BCUT2D eigenvalue weighted by Gasteiger charge is -2.09. The van der Waals surface area contributed by atoms with E-state index in [1.54, 1.807) is 39.0 Å². The molecular formula is C26H32N4O7S4. The van der Waals surface area contributed by atoms with Crippen molar-refractivity contribution in [3.8, 4) is 6.07 Å². The molecule has 41 heavy (non-hydrogen) atoms. The first-order valence-electron chi connectivity index (χ1n) is 11.5. The van der Waals surface area contributed by atoms with Crippen LogP contribution < -0.4 is 20.3 Å². The molecule has 3 heterocycles. The van der Waals surface area contributed by atoms with Gasteiger partial charge in [-0.25, -0.2) is 0 Å². The lowest BCUT2D eigenvalue weighted by Crippen LogP contribution is -2.33. The number of rotatable bonds is 5. The zero-order valence-electron chi connectivity index (χ0n) is 22.4. The predicted molar refractivity (Wildman–Crippen MR) is 168 cm³/mol. The van der Waals surface area contributed by atoms with Crippen LogP contribution in [-0.4, -0.2) is 53.0 Å². The van der Waals surface area contributed by atoms with E-state index in [1.807, 2.05) is 19.9 Å². The standard InChI is InChI=1S/C13H14N2O4S2.C7H7NO3S2.C5H7N.CH4/c1-4-8-11(18)15(6-9(16)17)13(21-8)10-12(19)14(5-2)7(3)20-10;1-2-4-6(11)8(3-5(9)10)7(12)13-4;1-3-5(2)4-6;/h4H,3,5-6H2,1-2H3,(H,16,17);2H,3H2,1H3,(H,9,10);3H,1-2H3;1H4/b8-4?,13-10+;;;. The van der Waals surface area contributed by atoms with E-state index in [4.69, 9.17) is 27.7 Å². The highest BCUT2D eigenvalue weighted by atomic mass is 32.2. The highest BCUT2D eigenvalue weighted by molar-refractivity contribution is 8.26. The van der Waals surface area contributed by atoms with Crippen LogP contribution in [0.3, 0.4) is 0 Å². The number of carbonyl (C=O) groups excluding carboxylic acids is 1. The molecule has 15 heteroatoms. The van der Waals surface area contributed by atoms with Gasteiger partial charge in [-0.05, 0) is 34.6 Å². The lowest BCUT2D eigenvalue weighted by molar-refractivity contribution is -0.140. The molecule has 0 unspecified atom stereocenters. The Balaban J connectivity index is 0.000000683. The molecule has 3 rings (SSSR count). The number of carboxylic acids is 2. The van der Waals surface area contributed by atoms with E-state index < -0.39 is 18.5 Å². The minimum Gasteiger partial charge on any atom is -0.480 e. The SMILES string of the molecule is C.C=c1s/c(=c2/sc(=CC)c(=O)n2CC(=O)O)c(=O)n1CC.CC=C(C)C#N.CC=C1SC(=S)N(CC(=O)O)C1=O. The average molecular weight is 641 g/mol. The zero-order chi connectivity index (χ0) is 30.7. The number of thioether (sulfide) groups is 1. The Morgan fingerprint density at radius 3 is 1.98 bits per heavy atom. The number of amides is 1. The zero-order valence-corrected chi connectivity index (χ0v) is 25.7. The molecule has 1 aliphatic heterocycles. The van der Waals surface area contributed by atoms with Crippen LogP contribution >= 0.6 is 46.7 Å². The van der Waals surface area contributed by atoms with Crippen LogP contribution in [0, 0.1) is 20.5 Å². The summed E-state index contributed by atoms with van der Waals surface area (Å²) >= 11 is 8.28. The number of nitriles is 1. The molecule has 0 radical (unpaired) electrons. The van der Waals surface area contributed by atoms with Gasteiger partial charge in [-0.15, -0.1) is 22.7 Å². The summed E-state index contributed by atoms with van der Waals surface area (Å²) < 4.78 is 4.69. The second kappa shape index (κ2) is 17.3. The topological polar surface area (TPSA) is 163 Å². The number of carboxylic acid groups (broad SMARTS) is 2. The van der Waals surface area contributed by atoms with Crippen molar-refractivity contribution in [2.45, 2.75) is 55.1 Å². The van der Waals surface area contributed by atoms with E-state index in [0.717, 1.165) is 38.1 Å². The fourth-order valence-electron chi connectivity index (χ4n) is 2.89. The van der Waals surface area contributed by atoms with Gasteiger partial charge in [0.1, 0.15) is 26.6 Å². The van der Waals surface area contributed by atoms with E-state index in [1.165, 1.54) is 15.9 Å². The van der Waals surface area contributed by atoms with Gasteiger partial charge in [0.25, 0.3) is 17.0 Å². The number of nitrogens with zero attached hydrogens (tertiary/aromatic N) is 4. The molecule has 2 aromatic heterocycles. The van der Waals surface area contributed by atoms with Crippen LogP contribution in [0.15, 0.2) is 32.2 Å². The number of aliphatic carboxylic acids is 2. The minimum absolute atomic E-state index is 0. The van der Waals surface area contributed by atoms with Gasteiger partial charge >= 0.3 is 11.9 Å². The van der Waals surface area contributed by atoms with Gasteiger partial charge in [0.05, 0.1) is 20.2 Å². The van der Waals surface area contributed by atoms with Crippen molar-refractivity contribution in [1.29, 1.82) is 5.26 Å². The average Bonchev–Trinajstić information content (AvgIpc) is 3.48. The molecule has 0 spiro atoms. The molecule has 11 nitrogen and oxygen atoms in total. The summed E-state index contributed by atoms with van der Waals surface area (Å²) in [5, 5.41) is 25.5. The molecule has 2 aromatic rings. The lowest BCUT2D eigenvalue weighted by atomic mass is 10.3.